The van der Waals surface area contributed by atoms with Crippen molar-refractivity contribution in [2.75, 3.05) is 25.1 Å². The SMILES string of the molecule is COC1CCCN(c2ccc(C(C)N)cc2Br)C1. The number of nitrogens with zero attached hydrogens (tertiary/aromatic N) is 1. The highest BCUT2D eigenvalue weighted by molar-refractivity contribution is 9.10. The number of piperidine rings is 1. The molecule has 0 aliphatic carbocycles. The Bertz CT molecular complexity index is 409. The number of hydrogen-bond acceptors (Lipinski definition) is 3. The fourth-order valence-corrected chi connectivity index (χ4v) is 3.06. The lowest BCUT2D eigenvalue weighted by molar-refractivity contribution is 0.0893. The fourth-order valence-electron chi connectivity index (χ4n) is 2.41. The molecule has 0 saturated carbocycles. The van der Waals surface area contributed by atoms with Crippen LogP contribution in [0.15, 0.2) is 22.7 Å². The molecule has 100 valence electrons. The predicted octanol–water partition coefficient (Wildman–Crippen LogP) is 3.08. The van der Waals surface area contributed by atoms with Crippen molar-refractivity contribution < 1.29 is 4.74 Å². The molecule has 0 radical (unpaired) electrons. The summed E-state index contributed by atoms with van der Waals surface area (Å²) in [5.41, 5.74) is 8.30. The van der Waals surface area contributed by atoms with Crippen molar-refractivity contribution in [2.24, 2.45) is 5.73 Å². The van der Waals surface area contributed by atoms with Crippen molar-refractivity contribution in [1.82, 2.24) is 0 Å². The second kappa shape index (κ2) is 6.04. The molecule has 2 unspecified atom stereocenters. The maximum Gasteiger partial charge on any atom is 0.0746 e. The second-order valence-corrected chi connectivity index (χ2v) is 5.80. The fraction of sp³-hybridized carbons (Fsp3) is 0.571. The zero-order chi connectivity index (χ0) is 13.1. The minimum Gasteiger partial charge on any atom is -0.380 e. The van der Waals surface area contributed by atoms with Crippen molar-refractivity contribution in [3.63, 3.8) is 0 Å². The van der Waals surface area contributed by atoms with E-state index < -0.39 is 0 Å². The average molecular weight is 313 g/mol. The molecule has 18 heavy (non-hydrogen) atoms. The van der Waals surface area contributed by atoms with Crippen LogP contribution >= 0.6 is 15.9 Å². The van der Waals surface area contributed by atoms with Crippen LogP contribution in [-0.4, -0.2) is 26.3 Å². The van der Waals surface area contributed by atoms with Crippen LogP contribution in [0.4, 0.5) is 5.69 Å². The lowest BCUT2D eigenvalue weighted by Gasteiger charge is -2.34. The molecular formula is C14H21BrN2O. The zero-order valence-corrected chi connectivity index (χ0v) is 12.6. The van der Waals surface area contributed by atoms with E-state index in [-0.39, 0.29) is 6.04 Å². The highest BCUT2D eigenvalue weighted by Gasteiger charge is 2.21. The molecule has 2 N–H and O–H groups in total. The van der Waals surface area contributed by atoms with Crippen LogP contribution in [0.1, 0.15) is 31.4 Å². The summed E-state index contributed by atoms with van der Waals surface area (Å²) in [5, 5.41) is 0. The Labute approximate surface area is 117 Å². The van der Waals surface area contributed by atoms with Gasteiger partial charge in [0.1, 0.15) is 0 Å². The summed E-state index contributed by atoms with van der Waals surface area (Å²) in [4.78, 5) is 2.38. The van der Waals surface area contributed by atoms with Gasteiger partial charge in [0.15, 0.2) is 0 Å². The number of methoxy groups -OCH3 is 1. The molecule has 1 aliphatic rings. The Morgan fingerprint density at radius 3 is 2.89 bits per heavy atom. The molecule has 1 fully saturated rings. The van der Waals surface area contributed by atoms with Gasteiger partial charge in [-0.25, -0.2) is 0 Å². The monoisotopic (exact) mass is 312 g/mol. The third kappa shape index (κ3) is 3.05. The molecule has 0 amide bonds. The van der Waals surface area contributed by atoms with E-state index in [1.54, 1.807) is 7.11 Å². The van der Waals surface area contributed by atoms with Crippen molar-refractivity contribution in [2.45, 2.75) is 31.9 Å². The molecule has 1 saturated heterocycles. The smallest absolute Gasteiger partial charge is 0.0746 e. The van der Waals surface area contributed by atoms with Crippen LogP contribution < -0.4 is 10.6 Å². The lowest BCUT2D eigenvalue weighted by atomic mass is 10.1. The van der Waals surface area contributed by atoms with Crippen molar-refractivity contribution >= 4 is 21.6 Å². The first-order valence-corrected chi connectivity index (χ1v) is 7.24. The first kappa shape index (κ1) is 13.8. The van der Waals surface area contributed by atoms with Crippen LogP contribution in [0, 0.1) is 0 Å². The topological polar surface area (TPSA) is 38.5 Å². The van der Waals surface area contributed by atoms with E-state index in [9.17, 15) is 0 Å². The van der Waals surface area contributed by atoms with Crippen LogP contribution in [-0.2, 0) is 4.74 Å². The third-order valence-corrected chi connectivity index (χ3v) is 4.18. The number of benzene rings is 1. The number of anilines is 1. The Balaban J connectivity index is 2.17. The number of nitrogens with two attached hydrogens (primary N) is 1. The largest absolute Gasteiger partial charge is 0.380 e. The number of rotatable bonds is 3. The average Bonchev–Trinajstić information content (AvgIpc) is 2.38. The van der Waals surface area contributed by atoms with Gasteiger partial charge in [-0.1, -0.05) is 6.07 Å². The van der Waals surface area contributed by atoms with Crippen molar-refractivity contribution in [3.05, 3.63) is 28.2 Å². The summed E-state index contributed by atoms with van der Waals surface area (Å²) in [6.45, 7) is 4.06. The number of hydrogen-bond donors (Lipinski definition) is 1. The molecular weight excluding hydrogens is 292 g/mol. The van der Waals surface area contributed by atoms with E-state index in [1.807, 2.05) is 6.92 Å². The summed E-state index contributed by atoms with van der Waals surface area (Å²) in [6.07, 6.45) is 2.68. The van der Waals surface area contributed by atoms with Gasteiger partial charge < -0.3 is 15.4 Å². The molecule has 4 heteroatoms. The van der Waals surface area contributed by atoms with Gasteiger partial charge in [-0.05, 0) is 53.4 Å². The number of ether oxygens (including phenoxy) is 1. The summed E-state index contributed by atoms with van der Waals surface area (Å²) in [7, 11) is 1.79. The van der Waals surface area contributed by atoms with E-state index >= 15 is 0 Å². The molecule has 0 aromatic heterocycles. The van der Waals surface area contributed by atoms with Crippen LogP contribution in [0.5, 0.6) is 0 Å². The van der Waals surface area contributed by atoms with Gasteiger partial charge in [-0.3, -0.25) is 0 Å². The van der Waals surface area contributed by atoms with Crippen LogP contribution in [0.3, 0.4) is 0 Å². The van der Waals surface area contributed by atoms with Gasteiger partial charge in [-0.15, -0.1) is 0 Å². The molecule has 1 aromatic rings. The van der Waals surface area contributed by atoms with Gasteiger partial charge >= 0.3 is 0 Å². The summed E-state index contributed by atoms with van der Waals surface area (Å²) >= 11 is 3.65. The molecule has 0 spiro atoms. The summed E-state index contributed by atoms with van der Waals surface area (Å²) in [6, 6.07) is 6.46. The van der Waals surface area contributed by atoms with Gasteiger partial charge in [0.05, 0.1) is 11.8 Å². The molecule has 0 bridgehead atoms. The first-order valence-electron chi connectivity index (χ1n) is 6.44. The van der Waals surface area contributed by atoms with Crippen LogP contribution in [0.2, 0.25) is 0 Å². The lowest BCUT2D eigenvalue weighted by Crippen LogP contribution is -2.39. The third-order valence-electron chi connectivity index (χ3n) is 3.55. The van der Waals surface area contributed by atoms with Crippen molar-refractivity contribution in [3.8, 4) is 0 Å². The Morgan fingerprint density at radius 2 is 2.28 bits per heavy atom. The molecule has 3 nitrogen and oxygen atoms in total. The molecule has 2 atom stereocenters. The summed E-state index contributed by atoms with van der Waals surface area (Å²) < 4.78 is 6.59. The van der Waals surface area contributed by atoms with Crippen molar-refractivity contribution in [1.29, 1.82) is 0 Å². The summed E-state index contributed by atoms with van der Waals surface area (Å²) in [5.74, 6) is 0. The Kier molecular flexibility index (Phi) is 4.65. The number of halogens is 1. The maximum atomic E-state index is 5.90. The van der Waals surface area contributed by atoms with Gasteiger partial charge in [0.25, 0.3) is 0 Å². The molecule has 1 aliphatic heterocycles. The Morgan fingerprint density at radius 1 is 1.50 bits per heavy atom. The highest BCUT2D eigenvalue weighted by atomic mass is 79.9. The minimum atomic E-state index is 0.0726. The zero-order valence-electron chi connectivity index (χ0n) is 11.0. The van der Waals surface area contributed by atoms with E-state index in [0.29, 0.717) is 6.10 Å². The highest BCUT2D eigenvalue weighted by Crippen LogP contribution is 2.31. The van der Waals surface area contributed by atoms with Crippen LogP contribution in [0.25, 0.3) is 0 Å². The van der Waals surface area contributed by atoms with E-state index in [1.165, 1.54) is 12.1 Å². The van der Waals surface area contributed by atoms with Gasteiger partial charge in [0.2, 0.25) is 0 Å². The molecule has 1 heterocycles. The molecule has 1 aromatic carbocycles. The molecule has 2 rings (SSSR count). The maximum absolute atomic E-state index is 5.90. The standard InChI is InChI=1S/C14H21BrN2O/c1-10(16)11-5-6-14(13(15)8-11)17-7-3-4-12(9-17)18-2/h5-6,8,10,12H,3-4,7,9,16H2,1-2H3. The second-order valence-electron chi connectivity index (χ2n) is 4.95. The minimum absolute atomic E-state index is 0.0726. The van der Waals surface area contributed by atoms with Gasteiger partial charge in [0, 0.05) is 30.7 Å². The normalized spacial score (nSPS) is 22.0. The first-order chi connectivity index (χ1) is 8.61. The van der Waals surface area contributed by atoms with E-state index in [4.69, 9.17) is 10.5 Å². The van der Waals surface area contributed by atoms with E-state index in [0.717, 1.165) is 29.5 Å². The predicted molar refractivity (Wildman–Crippen MR) is 79.0 cm³/mol. The Hall–Kier alpha value is -0.580. The van der Waals surface area contributed by atoms with E-state index in [2.05, 4.69) is 39.0 Å². The quantitative estimate of drug-likeness (QED) is 0.932. The van der Waals surface area contributed by atoms with Gasteiger partial charge in [-0.2, -0.15) is 0 Å².